The van der Waals surface area contributed by atoms with Crippen LogP contribution >= 0.6 is 0 Å². The van der Waals surface area contributed by atoms with E-state index in [1.54, 1.807) is 0 Å². The van der Waals surface area contributed by atoms with Gasteiger partial charge in [-0.25, -0.2) is 4.98 Å². The van der Waals surface area contributed by atoms with E-state index in [0.29, 0.717) is 0 Å². The van der Waals surface area contributed by atoms with Gasteiger partial charge in [0.05, 0.1) is 22.6 Å². The van der Waals surface area contributed by atoms with Crippen LogP contribution in [0, 0.1) is 0 Å². The van der Waals surface area contributed by atoms with Crippen molar-refractivity contribution in [1.82, 2.24) is 4.98 Å². The van der Waals surface area contributed by atoms with Crippen molar-refractivity contribution in [2.75, 3.05) is 4.90 Å². The summed E-state index contributed by atoms with van der Waals surface area (Å²) in [7, 11) is 0. The molecule has 0 radical (unpaired) electrons. The summed E-state index contributed by atoms with van der Waals surface area (Å²) >= 11 is 0. The highest BCUT2D eigenvalue weighted by atomic mass is 16.3. The zero-order chi connectivity index (χ0) is 35.3. The summed E-state index contributed by atoms with van der Waals surface area (Å²) in [5.41, 5.74) is 10.9. The zero-order valence-electron chi connectivity index (χ0n) is 28.8. The average Bonchev–Trinajstić information content (AvgIpc) is 3.92. The van der Waals surface area contributed by atoms with Gasteiger partial charge < -0.3 is 18.2 Å². The van der Waals surface area contributed by atoms with Crippen molar-refractivity contribution in [1.29, 1.82) is 0 Å². The average molecular weight is 693 g/mol. The first-order valence-electron chi connectivity index (χ1n) is 18.1. The second-order valence-corrected chi connectivity index (χ2v) is 13.9. The van der Waals surface area contributed by atoms with E-state index in [1.165, 1.54) is 0 Å². The second kappa shape index (κ2) is 11.1. The van der Waals surface area contributed by atoms with Crippen molar-refractivity contribution < 1.29 is 13.3 Å². The van der Waals surface area contributed by atoms with E-state index in [0.717, 1.165) is 116 Å². The highest BCUT2D eigenvalue weighted by Gasteiger charge is 2.22. The second-order valence-electron chi connectivity index (χ2n) is 13.9. The molecule has 5 nitrogen and oxygen atoms in total. The van der Waals surface area contributed by atoms with Crippen molar-refractivity contribution in [2.45, 2.75) is 0 Å². The maximum absolute atomic E-state index is 6.60. The molecule has 4 heterocycles. The summed E-state index contributed by atoms with van der Waals surface area (Å²) in [6.45, 7) is 0. The number of anilines is 3. The van der Waals surface area contributed by atoms with E-state index in [2.05, 4.69) is 126 Å². The molecule has 5 heteroatoms. The molecule has 0 aliphatic heterocycles. The smallest absolute Gasteiger partial charge is 0.159 e. The quantitative estimate of drug-likeness (QED) is 0.172. The first kappa shape index (κ1) is 29.2. The Morgan fingerprint density at radius 1 is 0.370 bits per heavy atom. The predicted molar refractivity (Wildman–Crippen MR) is 221 cm³/mol. The largest absolute Gasteiger partial charge is 0.456 e. The van der Waals surface area contributed by atoms with Crippen molar-refractivity contribution in [3.63, 3.8) is 0 Å². The maximum Gasteiger partial charge on any atom is 0.159 e. The number of rotatable bonds is 4. The third kappa shape index (κ3) is 4.18. The summed E-state index contributed by atoms with van der Waals surface area (Å²) in [4.78, 5) is 7.52. The lowest BCUT2D eigenvalue weighted by molar-refractivity contribution is 0.667. The fourth-order valence-electron chi connectivity index (χ4n) is 8.39. The molecule has 4 aromatic heterocycles. The van der Waals surface area contributed by atoms with E-state index >= 15 is 0 Å². The van der Waals surface area contributed by atoms with Crippen molar-refractivity contribution in [3.05, 3.63) is 170 Å². The molecule has 8 aromatic carbocycles. The topological polar surface area (TPSA) is 55.6 Å². The van der Waals surface area contributed by atoms with Gasteiger partial charge in [0.1, 0.15) is 27.9 Å². The van der Waals surface area contributed by atoms with E-state index < -0.39 is 0 Å². The molecule has 0 spiro atoms. The van der Waals surface area contributed by atoms with Crippen LogP contribution < -0.4 is 4.90 Å². The Kier molecular flexibility index (Phi) is 5.99. The lowest BCUT2D eigenvalue weighted by Gasteiger charge is -2.25. The summed E-state index contributed by atoms with van der Waals surface area (Å²) in [5.74, 6) is 0. The molecule has 0 aliphatic rings. The predicted octanol–water partition coefficient (Wildman–Crippen LogP) is 14.2. The molecule has 12 rings (SSSR count). The Morgan fingerprint density at radius 2 is 0.907 bits per heavy atom. The van der Waals surface area contributed by atoms with Crippen LogP contribution in [0.4, 0.5) is 17.1 Å². The molecule has 0 bridgehead atoms. The van der Waals surface area contributed by atoms with Crippen LogP contribution in [0.3, 0.4) is 0 Å². The van der Waals surface area contributed by atoms with Gasteiger partial charge in [-0.1, -0.05) is 103 Å². The van der Waals surface area contributed by atoms with Crippen LogP contribution in [0.15, 0.2) is 183 Å². The molecule has 54 heavy (non-hydrogen) atoms. The minimum absolute atomic E-state index is 0.824. The molecule has 252 valence electrons. The first-order chi connectivity index (χ1) is 26.8. The van der Waals surface area contributed by atoms with Crippen LogP contribution in [0.25, 0.3) is 98.7 Å². The van der Waals surface area contributed by atoms with Gasteiger partial charge in [0, 0.05) is 65.8 Å². The van der Waals surface area contributed by atoms with Crippen LogP contribution in [0.2, 0.25) is 0 Å². The van der Waals surface area contributed by atoms with Gasteiger partial charge in [-0.3, -0.25) is 0 Å². The minimum atomic E-state index is 0.824. The lowest BCUT2D eigenvalue weighted by Crippen LogP contribution is -2.10. The number of para-hydroxylation sites is 5. The number of hydrogen-bond donors (Lipinski definition) is 0. The van der Waals surface area contributed by atoms with Gasteiger partial charge in [-0.2, -0.15) is 0 Å². The number of fused-ring (bicyclic) bond motifs is 13. The van der Waals surface area contributed by atoms with Crippen molar-refractivity contribution in [2.24, 2.45) is 0 Å². The third-order valence-electron chi connectivity index (χ3n) is 10.9. The van der Waals surface area contributed by atoms with Crippen molar-refractivity contribution >= 4 is 105 Å². The summed E-state index contributed by atoms with van der Waals surface area (Å²) in [6.07, 6.45) is 0. The highest BCUT2D eigenvalue weighted by molar-refractivity contribution is 6.24. The SMILES string of the molecule is c1ccc2c(c1)nc(-c1ccc(N(c3ccc4c(c3)oc3ccccc34)c3cccc4c3oc3ccccc34)cc1)c1ccc3c4ccccc4oc3c12. The molecule has 0 saturated heterocycles. The maximum atomic E-state index is 6.60. The fourth-order valence-corrected chi connectivity index (χ4v) is 8.39. The van der Waals surface area contributed by atoms with E-state index in [4.69, 9.17) is 18.2 Å². The Bertz CT molecular complexity index is 3460. The number of aromatic nitrogens is 1. The van der Waals surface area contributed by atoms with Crippen LogP contribution in [-0.2, 0) is 0 Å². The summed E-state index contributed by atoms with van der Waals surface area (Å²) < 4.78 is 19.6. The zero-order valence-corrected chi connectivity index (χ0v) is 28.8. The Morgan fingerprint density at radius 3 is 1.67 bits per heavy atom. The standard InChI is InChI=1S/C49H28N2O3/c1-5-15-40-38(13-1)46-39(27-26-37-34-12-4-8-19-44(34)54-49(37)46)47(50-40)29-20-22-30(23-21-29)51(31-24-25-35-32-10-2-6-17-42(32)52-45(35)28-31)41-16-9-14-36-33-11-3-7-18-43(33)53-48(36)41/h1-28H. The molecule has 0 saturated carbocycles. The molecule has 0 fully saturated rings. The fraction of sp³-hybridized carbons (Fsp3) is 0. The molecule has 0 N–H and O–H groups in total. The Hall–Kier alpha value is -7.37. The molecular formula is C49H28N2O3. The molecule has 0 aliphatic carbocycles. The van der Waals surface area contributed by atoms with E-state index in [9.17, 15) is 0 Å². The number of pyridine rings is 1. The molecule has 0 atom stereocenters. The normalized spacial score (nSPS) is 12.1. The Labute approximate surface area is 307 Å². The van der Waals surface area contributed by atoms with Gasteiger partial charge in [0.15, 0.2) is 5.58 Å². The van der Waals surface area contributed by atoms with Gasteiger partial charge in [0.25, 0.3) is 0 Å². The number of benzene rings is 8. The molecule has 0 unspecified atom stereocenters. The summed E-state index contributed by atoms with van der Waals surface area (Å²) in [6, 6.07) is 58.8. The molecule has 0 amide bonds. The number of furan rings is 3. The Balaban J connectivity index is 1.07. The number of nitrogens with zero attached hydrogens (tertiary/aromatic N) is 2. The van der Waals surface area contributed by atoms with E-state index in [1.807, 2.05) is 48.5 Å². The third-order valence-corrected chi connectivity index (χ3v) is 10.9. The van der Waals surface area contributed by atoms with Crippen LogP contribution in [-0.4, -0.2) is 4.98 Å². The highest BCUT2D eigenvalue weighted by Crippen LogP contribution is 2.45. The minimum Gasteiger partial charge on any atom is -0.456 e. The van der Waals surface area contributed by atoms with Gasteiger partial charge in [0.2, 0.25) is 0 Å². The van der Waals surface area contributed by atoms with Crippen molar-refractivity contribution in [3.8, 4) is 11.3 Å². The van der Waals surface area contributed by atoms with Gasteiger partial charge in [-0.05, 0) is 60.7 Å². The molecule has 12 aromatic rings. The van der Waals surface area contributed by atoms with E-state index in [-0.39, 0.29) is 0 Å². The first-order valence-corrected chi connectivity index (χ1v) is 18.1. The van der Waals surface area contributed by atoms with Gasteiger partial charge in [-0.15, -0.1) is 0 Å². The lowest BCUT2D eigenvalue weighted by atomic mass is 9.97. The summed E-state index contributed by atoms with van der Waals surface area (Å²) in [5, 5.41) is 9.75. The monoisotopic (exact) mass is 692 g/mol. The van der Waals surface area contributed by atoms with Crippen LogP contribution in [0.5, 0.6) is 0 Å². The molecular weight excluding hydrogens is 665 g/mol. The number of hydrogen-bond acceptors (Lipinski definition) is 5. The van der Waals surface area contributed by atoms with Gasteiger partial charge >= 0.3 is 0 Å². The van der Waals surface area contributed by atoms with Crippen LogP contribution in [0.1, 0.15) is 0 Å².